The summed E-state index contributed by atoms with van der Waals surface area (Å²) in [7, 11) is 0. The van der Waals surface area contributed by atoms with Crippen molar-refractivity contribution in [3.8, 4) is 11.5 Å². The minimum Gasteiger partial charge on any atom is -0.486 e. The molecule has 2 aliphatic rings. The number of anilines is 1. The summed E-state index contributed by atoms with van der Waals surface area (Å²) in [6, 6.07) is 8.06. The highest BCUT2D eigenvalue weighted by Gasteiger charge is 2.32. The summed E-state index contributed by atoms with van der Waals surface area (Å²) < 4.78 is 25.5. The fourth-order valence-corrected chi connectivity index (χ4v) is 3.39. The molecule has 0 saturated heterocycles. The zero-order valence-electron chi connectivity index (χ0n) is 12.1. The second-order valence-electron chi connectivity index (χ2n) is 5.52. The molecule has 0 saturated carbocycles. The molecule has 23 heavy (non-hydrogen) atoms. The molecule has 0 radical (unpaired) electrons. The Labute approximate surface area is 137 Å². The number of hydrogen-bond donors (Lipinski definition) is 1. The number of carbonyl (C=O) groups is 1. The fraction of sp³-hybridized carbons (Fsp3) is 0.235. The van der Waals surface area contributed by atoms with Gasteiger partial charge in [-0.2, -0.15) is 0 Å². The highest BCUT2D eigenvalue weighted by atomic mass is 35.5. The number of benzene rings is 2. The number of carbonyl (C=O) groups excluding carboxylic acids is 1. The van der Waals surface area contributed by atoms with Gasteiger partial charge in [0.2, 0.25) is 5.91 Å². The third-order valence-corrected chi connectivity index (χ3v) is 4.43. The topological polar surface area (TPSA) is 47.6 Å². The number of amides is 1. The standard InChI is InChI=1S/C17H13ClFNO3/c18-11-2-1-3-12(19)17(11)10-7-16(21)20-13-8-15-14(6-9(10)13)22-4-5-23-15/h1-3,6,8,10H,4-5,7H2,(H,20,21)/t10-/m0/s1. The lowest BCUT2D eigenvalue weighted by Gasteiger charge is -2.29. The Hall–Kier alpha value is -2.27. The third kappa shape index (κ3) is 2.41. The molecule has 2 aromatic rings. The minimum absolute atomic E-state index is 0.132. The molecule has 2 aromatic carbocycles. The van der Waals surface area contributed by atoms with Gasteiger partial charge < -0.3 is 14.8 Å². The van der Waals surface area contributed by atoms with E-state index in [1.165, 1.54) is 6.07 Å². The van der Waals surface area contributed by atoms with Crippen molar-refractivity contribution in [3.05, 3.63) is 52.3 Å². The van der Waals surface area contributed by atoms with Crippen LogP contribution in [0.1, 0.15) is 23.5 Å². The van der Waals surface area contributed by atoms with E-state index in [9.17, 15) is 9.18 Å². The average Bonchev–Trinajstić information content (AvgIpc) is 2.53. The van der Waals surface area contributed by atoms with Gasteiger partial charge in [0.05, 0.1) is 0 Å². The third-order valence-electron chi connectivity index (χ3n) is 4.10. The summed E-state index contributed by atoms with van der Waals surface area (Å²) in [5, 5.41) is 3.12. The van der Waals surface area contributed by atoms with Crippen LogP contribution < -0.4 is 14.8 Å². The summed E-state index contributed by atoms with van der Waals surface area (Å²) in [6.07, 6.45) is 0.132. The first-order valence-corrected chi connectivity index (χ1v) is 7.68. The van der Waals surface area contributed by atoms with Gasteiger partial charge in [-0.05, 0) is 23.8 Å². The highest BCUT2D eigenvalue weighted by Crippen LogP contribution is 2.45. The van der Waals surface area contributed by atoms with Crippen LogP contribution in [0.4, 0.5) is 10.1 Å². The summed E-state index contributed by atoms with van der Waals surface area (Å²) in [4.78, 5) is 12.1. The highest BCUT2D eigenvalue weighted by molar-refractivity contribution is 6.31. The smallest absolute Gasteiger partial charge is 0.225 e. The van der Waals surface area contributed by atoms with Gasteiger partial charge in [0.25, 0.3) is 0 Å². The van der Waals surface area contributed by atoms with Gasteiger partial charge in [-0.15, -0.1) is 0 Å². The van der Waals surface area contributed by atoms with Crippen LogP contribution in [0.3, 0.4) is 0 Å². The van der Waals surface area contributed by atoms with Crippen molar-refractivity contribution < 1.29 is 18.7 Å². The summed E-state index contributed by atoms with van der Waals surface area (Å²) in [6.45, 7) is 0.922. The maximum atomic E-state index is 14.3. The quantitative estimate of drug-likeness (QED) is 0.865. The van der Waals surface area contributed by atoms with Crippen LogP contribution in [0.2, 0.25) is 5.02 Å². The van der Waals surface area contributed by atoms with Crippen molar-refractivity contribution in [1.82, 2.24) is 0 Å². The fourth-order valence-electron chi connectivity index (χ4n) is 3.10. The second kappa shape index (κ2) is 5.42. The molecule has 2 aliphatic heterocycles. The first-order chi connectivity index (χ1) is 11.1. The van der Waals surface area contributed by atoms with Crippen molar-refractivity contribution in [1.29, 1.82) is 0 Å². The lowest BCUT2D eigenvalue weighted by atomic mass is 9.84. The molecule has 6 heteroatoms. The second-order valence-corrected chi connectivity index (χ2v) is 5.93. The molecule has 0 unspecified atom stereocenters. The number of rotatable bonds is 1. The molecule has 1 amide bonds. The zero-order chi connectivity index (χ0) is 16.0. The van der Waals surface area contributed by atoms with Crippen LogP contribution in [-0.4, -0.2) is 19.1 Å². The van der Waals surface area contributed by atoms with Gasteiger partial charge >= 0.3 is 0 Å². The van der Waals surface area contributed by atoms with Gasteiger partial charge in [0.15, 0.2) is 11.5 Å². The van der Waals surface area contributed by atoms with E-state index in [4.69, 9.17) is 21.1 Å². The molecule has 1 atom stereocenters. The molecule has 0 aromatic heterocycles. The van der Waals surface area contributed by atoms with Gasteiger partial charge in [-0.25, -0.2) is 4.39 Å². The predicted octanol–water partition coefficient (Wildman–Crippen LogP) is 3.72. The maximum Gasteiger partial charge on any atom is 0.225 e. The number of fused-ring (bicyclic) bond motifs is 2. The van der Waals surface area contributed by atoms with Crippen LogP contribution in [-0.2, 0) is 4.79 Å². The normalized spacial score (nSPS) is 19.0. The lowest BCUT2D eigenvalue weighted by Crippen LogP contribution is -2.25. The summed E-state index contributed by atoms with van der Waals surface area (Å²) >= 11 is 6.19. The van der Waals surface area contributed by atoms with Crippen LogP contribution in [0.15, 0.2) is 30.3 Å². The van der Waals surface area contributed by atoms with Gasteiger partial charge in [-0.1, -0.05) is 17.7 Å². The number of nitrogens with one attached hydrogen (secondary N) is 1. The van der Waals surface area contributed by atoms with E-state index < -0.39 is 11.7 Å². The molecule has 0 aliphatic carbocycles. The van der Waals surface area contributed by atoms with Crippen molar-refractivity contribution in [2.24, 2.45) is 0 Å². The van der Waals surface area contributed by atoms with Crippen LogP contribution in [0.25, 0.3) is 0 Å². The minimum atomic E-state index is -0.455. The Balaban J connectivity index is 1.89. The summed E-state index contributed by atoms with van der Waals surface area (Å²) in [5.41, 5.74) is 1.72. The van der Waals surface area contributed by atoms with E-state index in [0.717, 1.165) is 5.56 Å². The molecule has 4 nitrogen and oxygen atoms in total. The predicted molar refractivity (Wildman–Crippen MR) is 83.9 cm³/mol. The van der Waals surface area contributed by atoms with Gasteiger partial charge in [0.1, 0.15) is 19.0 Å². The van der Waals surface area contributed by atoms with Crippen molar-refractivity contribution in [2.75, 3.05) is 18.5 Å². The van der Waals surface area contributed by atoms with E-state index in [0.29, 0.717) is 41.0 Å². The van der Waals surface area contributed by atoms with Crippen LogP contribution in [0.5, 0.6) is 11.5 Å². The number of ether oxygens (including phenoxy) is 2. The molecule has 0 spiro atoms. The number of hydrogen-bond acceptors (Lipinski definition) is 3. The SMILES string of the molecule is O=C1C[C@H](c2c(F)cccc2Cl)c2cc3c(cc2N1)OCCO3. The van der Waals surface area contributed by atoms with Gasteiger partial charge in [-0.3, -0.25) is 4.79 Å². The molecular weight excluding hydrogens is 321 g/mol. The molecule has 0 bridgehead atoms. The van der Waals surface area contributed by atoms with Crippen LogP contribution >= 0.6 is 11.6 Å². The lowest BCUT2D eigenvalue weighted by molar-refractivity contribution is -0.116. The molecule has 118 valence electrons. The maximum absolute atomic E-state index is 14.3. The Bertz CT molecular complexity index is 788. The van der Waals surface area contributed by atoms with E-state index in [1.807, 2.05) is 0 Å². The monoisotopic (exact) mass is 333 g/mol. The largest absolute Gasteiger partial charge is 0.486 e. The van der Waals surface area contributed by atoms with Crippen molar-refractivity contribution >= 4 is 23.2 Å². The Kier molecular flexibility index (Phi) is 3.38. The molecule has 0 fully saturated rings. The molecule has 4 rings (SSSR count). The Morgan fingerprint density at radius 3 is 2.65 bits per heavy atom. The van der Waals surface area contributed by atoms with Crippen molar-refractivity contribution in [3.63, 3.8) is 0 Å². The first kappa shape index (κ1) is 14.3. The van der Waals surface area contributed by atoms with E-state index in [1.54, 1.807) is 24.3 Å². The van der Waals surface area contributed by atoms with Crippen molar-refractivity contribution in [2.45, 2.75) is 12.3 Å². The van der Waals surface area contributed by atoms with E-state index in [2.05, 4.69) is 5.32 Å². The van der Waals surface area contributed by atoms with Crippen LogP contribution in [0, 0.1) is 5.82 Å². The Morgan fingerprint density at radius 2 is 1.91 bits per heavy atom. The van der Waals surface area contributed by atoms with E-state index >= 15 is 0 Å². The molecule has 2 heterocycles. The Morgan fingerprint density at radius 1 is 1.17 bits per heavy atom. The van der Waals surface area contributed by atoms with Gasteiger partial charge in [0, 0.05) is 34.7 Å². The molecular formula is C17H13ClFNO3. The zero-order valence-corrected chi connectivity index (χ0v) is 12.8. The van der Waals surface area contributed by atoms with E-state index in [-0.39, 0.29) is 12.3 Å². The average molecular weight is 334 g/mol. The molecule has 1 N–H and O–H groups in total. The first-order valence-electron chi connectivity index (χ1n) is 7.31. The summed E-state index contributed by atoms with van der Waals surface area (Å²) in [5.74, 6) is 0.124. The number of halogens is 2.